The van der Waals surface area contributed by atoms with Gasteiger partial charge in [-0.1, -0.05) is 23.7 Å². The number of hydrogen-bond acceptors (Lipinski definition) is 3. The van der Waals surface area contributed by atoms with E-state index < -0.39 is 0 Å². The van der Waals surface area contributed by atoms with Crippen molar-refractivity contribution in [2.24, 2.45) is 5.73 Å². The van der Waals surface area contributed by atoms with Crippen LogP contribution < -0.4 is 10.6 Å². The summed E-state index contributed by atoms with van der Waals surface area (Å²) < 4.78 is 0. The maximum absolute atomic E-state index is 7.71. The van der Waals surface area contributed by atoms with Crippen molar-refractivity contribution in [3.63, 3.8) is 0 Å². The van der Waals surface area contributed by atoms with Crippen molar-refractivity contribution in [1.29, 1.82) is 5.41 Å². The predicted molar refractivity (Wildman–Crippen MR) is 88.3 cm³/mol. The number of nitrogen functional groups attached to an aromatic ring is 1. The zero-order valence-corrected chi connectivity index (χ0v) is 13.1. The van der Waals surface area contributed by atoms with E-state index in [0.717, 1.165) is 11.3 Å². The molecule has 0 radical (unpaired) electrons. The van der Waals surface area contributed by atoms with E-state index in [0.29, 0.717) is 16.4 Å². The van der Waals surface area contributed by atoms with Gasteiger partial charge in [-0.25, -0.2) is 4.98 Å². The number of pyridine rings is 1. The lowest BCUT2D eigenvalue weighted by Gasteiger charge is -2.28. The predicted octanol–water partition coefficient (Wildman–Crippen LogP) is 3.52. The first kappa shape index (κ1) is 15.3. The van der Waals surface area contributed by atoms with Crippen LogP contribution in [-0.2, 0) is 0 Å². The van der Waals surface area contributed by atoms with Crippen molar-refractivity contribution < 1.29 is 0 Å². The molecule has 1 unspecified atom stereocenters. The Bertz CT molecular complexity index is 652. The molecule has 0 saturated heterocycles. The van der Waals surface area contributed by atoms with E-state index in [1.807, 2.05) is 55.3 Å². The number of nitrogens with one attached hydrogen (secondary N) is 1. The van der Waals surface area contributed by atoms with Crippen molar-refractivity contribution in [1.82, 2.24) is 4.98 Å². The van der Waals surface area contributed by atoms with Crippen molar-refractivity contribution in [2.45, 2.75) is 19.9 Å². The van der Waals surface area contributed by atoms with Gasteiger partial charge >= 0.3 is 0 Å². The molecular weight excluding hydrogens is 284 g/mol. The van der Waals surface area contributed by atoms with Crippen LogP contribution in [0.4, 0.5) is 5.82 Å². The molecule has 0 amide bonds. The molecule has 3 N–H and O–H groups in total. The number of aryl methyl sites for hydroxylation is 1. The molecule has 110 valence electrons. The lowest BCUT2D eigenvalue weighted by atomic mass is 10.1. The third-order valence-corrected chi connectivity index (χ3v) is 3.82. The average molecular weight is 303 g/mol. The van der Waals surface area contributed by atoms with Crippen LogP contribution in [0.15, 0.2) is 36.4 Å². The van der Waals surface area contributed by atoms with Gasteiger partial charge in [-0.2, -0.15) is 0 Å². The molecule has 1 aromatic heterocycles. The second kappa shape index (κ2) is 6.14. The fourth-order valence-electron chi connectivity index (χ4n) is 2.17. The molecule has 0 spiro atoms. The molecule has 1 atom stereocenters. The summed E-state index contributed by atoms with van der Waals surface area (Å²) in [5.41, 5.74) is 8.32. The fourth-order valence-corrected chi connectivity index (χ4v) is 2.30. The van der Waals surface area contributed by atoms with E-state index in [-0.39, 0.29) is 11.9 Å². The summed E-state index contributed by atoms with van der Waals surface area (Å²) in [7, 11) is 1.95. The number of aromatic nitrogens is 1. The monoisotopic (exact) mass is 302 g/mol. The molecule has 1 heterocycles. The van der Waals surface area contributed by atoms with E-state index in [1.54, 1.807) is 0 Å². The minimum atomic E-state index is 0.0210. The van der Waals surface area contributed by atoms with Gasteiger partial charge in [0.1, 0.15) is 11.7 Å². The van der Waals surface area contributed by atoms with Gasteiger partial charge in [0, 0.05) is 17.8 Å². The van der Waals surface area contributed by atoms with Crippen LogP contribution in [0.2, 0.25) is 5.02 Å². The van der Waals surface area contributed by atoms with Crippen LogP contribution in [0.5, 0.6) is 0 Å². The molecule has 4 nitrogen and oxygen atoms in total. The topological polar surface area (TPSA) is 66.0 Å². The summed E-state index contributed by atoms with van der Waals surface area (Å²) in [5.74, 6) is 0.734. The molecule has 5 heteroatoms. The molecule has 0 saturated carbocycles. The van der Waals surface area contributed by atoms with E-state index in [1.165, 1.54) is 0 Å². The first-order valence-corrected chi connectivity index (χ1v) is 7.08. The first-order valence-electron chi connectivity index (χ1n) is 6.70. The van der Waals surface area contributed by atoms with Crippen molar-refractivity contribution in [2.75, 3.05) is 11.9 Å². The van der Waals surface area contributed by atoms with E-state index in [9.17, 15) is 0 Å². The van der Waals surface area contributed by atoms with Crippen LogP contribution in [0, 0.1) is 12.3 Å². The normalized spacial score (nSPS) is 12.0. The van der Waals surface area contributed by atoms with Gasteiger partial charge in [-0.15, -0.1) is 0 Å². The summed E-state index contributed by atoms with van der Waals surface area (Å²) in [6, 6.07) is 11.5. The Kier molecular flexibility index (Phi) is 4.48. The lowest BCUT2D eigenvalue weighted by Crippen LogP contribution is -2.26. The highest BCUT2D eigenvalue weighted by atomic mass is 35.5. The minimum Gasteiger partial charge on any atom is -0.384 e. The lowest BCUT2D eigenvalue weighted by molar-refractivity contribution is 0.726. The number of benzene rings is 1. The summed E-state index contributed by atoms with van der Waals surface area (Å²) in [6.07, 6.45) is 0. The zero-order chi connectivity index (χ0) is 15.6. The maximum atomic E-state index is 7.71. The smallest absolute Gasteiger partial charge is 0.140 e. The number of nitrogens with zero attached hydrogens (tertiary/aromatic N) is 2. The van der Waals surface area contributed by atoms with Crippen molar-refractivity contribution >= 4 is 23.3 Å². The number of rotatable bonds is 4. The quantitative estimate of drug-likeness (QED) is 0.671. The van der Waals surface area contributed by atoms with Crippen LogP contribution in [0.1, 0.15) is 29.8 Å². The van der Waals surface area contributed by atoms with Gasteiger partial charge < -0.3 is 10.6 Å². The standard InChI is InChI=1S/C16H19ClN4/c1-10-4-9-14(15(18)19)16(20-10)21(3)11(2)12-5-7-13(17)8-6-12/h4-9,11H,1-3H3,(H3,18,19). The van der Waals surface area contributed by atoms with Crippen LogP contribution in [0.25, 0.3) is 0 Å². The Morgan fingerprint density at radius 2 is 1.86 bits per heavy atom. The summed E-state index contributed by atoms with van der Waals surface area (Å²) in [4.78, 5) is 6.56. The van der Waals surface area contributed by atoms with Crippen LogP contribution in [-0.4, -0.2) is 17.9 Å². The molecule has 1 aromatic carbocycles. The van der Waals surface area contributed by atoms with Crippen molar-refractivity contribution in [3.8, 4) is 0 Å². The molecule has 0 bridgehead atoms. The molecule has 0 fully saturated rings. The first-order chi connectivity index (χ1) is 9.90. The fraction of sp³-hybridized carbons (Fsp3) is 0.250. The van der Waals surface area contributed by atoms with Gasteiger partial charge in [0.25, 0.3) is 0 Å². The Hall–Kier alpha value is -2.07. The number of anilines is 1. The zero-order valence-electron chi connectivity index (χ0n) is 12.4. The number of nitrogens with two attached hydrogens (primary N) is 1. The second-order valence-corrected chi connectivity index (χ2v) is 5.51. The van der Waals surface area contributed by atoms with Gasteiger partial charge in [0.15, 0.2) is 0 Å². The van der Waals surface area contributed by atoms with Crippen LogP contribution >= 0.6 is 11.6 Å². The van der Waals surface area contributed by atoms with E-state index in [4.69, 9.17) is 22.7 Å². The molecular formula is C16H19ClN4. The third-order valence-electron chi connectivity index (χ3n) is 3.57. The average Bonchev–Trinajstić information content (AvgIpc) is 2.46. The van der Waals surface area contributed by atoms with E-state index in [2.05, 4.69) is 11.9 Å². The summed E-state index contributed by atoms with van der Waals surface area (Å²) >= 11 is 5.93. The van der Waals surface area contributed by atoms with Gasteiger partial charge in [0.05, 0.1) is 11.6 Å². The Labute approximate surface area is 130 Å². The highest BCUT2D eigenvalue weighted by molar-refractivity contribution is 6.30. The number of halogens is 1. The highest BCUT2D eigenvalue weighted by Gasteiger charge is 2.18. The van der Waals surface area contributed by atoms with Gasteiger partial charge in [-0.3, -0.25) is 5.41 Å². The third kappa shape index (κ3) is 3.34. The molecule has 0 aliphatic heterocycles. The largest absolute Gasteiger partial charge is 0.384 e. The van der Waals surface area contributed by atoms with E-state index >= 15 is 0 Å². The van der Waals surface area contributed by atoms with Crippen molar-refractivity contribution in [3.05, 3.63) is 58.2 Å². The maximum Gasteiger partial charge on any atom is 0.140 e. The van der Waals surface area contributed by atoms with Gasteiger partial charge in [-0.05, 0) is 43.7 Å². The SMILES string of the molecule is Cc1ccc(C(=N)N)c(N(C)C(C)c2ccc(Cl)cc2)n1. The molecule has 21 heavy (non-hydrogen) atoms. The Morgan fingerprint density at radius 3 is 2.43 bits per heavy atom. The summed E-state index contributed by atoms with van der Waals surface area (Å²) in [5, 5.41) is 8.42. The second-order valence-electron chi connectivity index (χ2n) is 5.08. The number of hydrogen-bond donors (Lipinski definition) is 2. The molecule has 2 aromatic rings. The highest BCUT2D eigenvalue weighted by Crippen LogP contribution is 2.27. The Balaban J connectivity index is 2.39. The number of amidine groups is 1. The summed E-state index contributed by atoms with van der Waals surface area (Å²) in [6.45, 7) is 4.01. The minimum absolute atomic E-state index is 0.0210. The molecule has 2 rings (SSSR count). The van der Waals surface area contributed by atoms with Gasteiger partial charge in [0.2, 0.25) is 0 Å². The Morgan fingerprint density at radius 1 is 1.24 bits per heavy atom. The molecule has 0 aliphatic rings. The molecule has 0 aliphatic carbocycles. The van der Waals surface area contributed by atoms with Crippen LogP contribution in [0.3, 0.4) is 0 Å².